The maximum absolute atomic E-state index is 4.63. The van der Waals surface area contributed by atoms with Crippen LogP contribution in [0.15, 0.2) is 48.9 Å². The maximum Gasteiger partial charge on any atom is 0.225 e. The SMILES string of the molecule is Cc1ccnc(N2CCC3(CCCN(Cc4ccccc4-n4nccn4)C3)CC2)n1. The van der Waals surface area contributed by atoms with E-state index in [0.717, 1.165) is 50.1 Å². The first-order chi connectivity index (χ1) is 14.7. The number of benzene rings is 1. The molecule has 0 saturated carbocycles. The minimum atomic E-state index is 0.414. The number of aryl methyl sites for hydroxylation is 1. The summed E-state index contributed by atoms with van der Waals surface area (Å²) in [5.74, 6) is 0.887. The number of likely N-dealkylation sites (tertiary alicyclic amines) is 1. The zero-order valence-corrected chi connectivity index (χ0v) is 17.6. The molecule has 0 aliphatic carbocycles. The normalized spacial score (nSPS) is 19.3. The summed E-state index contributed by atoms with van der Waals surface area (Å²) in [5, 5.41) is 8.67. The topological polar surface area (TPSA) is 63.0 Å². The van der Waals surface area contributed by atoms with Crippen LogP contribution in [0.1, 0.15) is 36.9 Å². The van der Waals surface area contributed by atoms with Crippen molar-refractivity contribution < 1.29 is 0 Å². The van der Waals surface area contributed by atoms with E-state index >= 15 is 0 Å². The summed E-state index contributed by atoms with van der Waals surface area (Å²) < 4.78 is 0. The largest absolute Gasteiger partial charge is 0.341 e. The molecule has 7 nitrogen and oxygen atoms in total. The lowest BCUT2D eigenvalue weighted by Crippen LogP contribution is -2.49. The van der Waals surface area contributed by atoms with Crippen molar-refractivity contribution in [2.75, 3.05) is 31.1 Å². The number of nitrogens with zero attached hydrogens (tertiary/aromatic N) is 7. The number of hydrogen-bond acceptors (Lipinski definition) is 6. The van der Waals surface area contributed by atoms with Crippen molar-refractivity contribution in [3.05, 3.63) is 60.2 Å². The van der Waals surface area contributed by atoms with E-state index in [2.05, 4.69) is 54.2 Å². The molecule has 0 atom stereocenters. The summed E-state index contributed by atoms with van der Waals surface area (Å²) in [6, 6.07) is 10.4. The minimum absolute atomic E-state index is 0.414. The van der Waals surface area contributed by atoms with E-state index in [4.69, 9.17) is 0 Å². The zero-order chi connectivity index (χ0) is 20.4. The second-order valence-corrected chi connectivity index (χ2v) is 8.75. The molecule has 1 spiro atoms. The van der Waals surface area contributed by atoms with Crippen molar-refractivity contribution >= 4 is 5.95 Å². The molecule has 2 aromatic heterocycles. The molecule has 30 heavy (non-hydrogen) atoms. The van der Waals surface area contributed by atoms with Crippen LogP contribution in [0.3, 0.4) is 0 Å². The Morgan fingerprint density at radius 1 is 0.933 bits per heavy atom. The number of rotatable bonds is 4. The summed E-state index contributed by atoms with van der Waals surface area (Å²) >= 11 is 0. The Kier molecular flexibility index (Phi) is 5.21. The van der Waals surface area contributed by atoms with Gasteiger partial charge in [-0.3, -0.25) is 4.90 Å². The van der Waals surface area contributed by atoms with Crippen LogP contribution in [0.5, 0.6) is 0 Å². The van der Waals surface area contributed by atoms with Gasteiger partial charge in [-0.1, -0.05) is 18.2 Å². The van der Waals surface area contributed by atoms with Gasteiger partial charge in [0.2, 0.25) is 5.95 Å². The molecule has 2 aliphatic heterocycles. The third kappa shape index (κ3) is 3.94. The number of aromatic nitrogens is 5. The Morgan fingerprint density at radius 3 is 2.53 bits per heavy atom. The molecular weight excluding hydrogens is 374 g/mol. The molecule has 2 aliphatic rings. The standard InChI is InChI=1S/C23H29N7/c1-19-7-11-24-22(27-19)29-15-9-23(10-16-29)8-4-14-28(18-23)17-20-5-2-3-6-21(20)30-25-12-13-26-30/h2-3,5-7,11-13H,4,8-10,14-18H2,1H3. The van der Waals surface area contributed by atoms with Crippen LogP contribution in [0.25, 0.3) is 5.69 Å². The first-order valence-electron chi connectivity index (χ1n) is 10.9. The molecule has 4 heterocycles. The number of hydrogen-bond donors (Lipinski definition) is 0. The van der Waals surface area contributed by atoms with E-state index in [0.29, 0.717) is 5.41 Å². The molecule has 0 bridgehead atoms. The molecule has 0 N–H and O–H groups in total. The highest BCUT2D eigenvalue weighted by atomic mass is 15.5. The summed E-state index contributed by atoms with van der Waals surface area (Å²) in [7, 11) is 0. The quantitative estimate of drug-likeness (QED) is 0.666. The van der Waals surface area contributed by atoms with Gasteiger partial charge in [-0.05, 0) is 62.3 Å². The summed E-state index contributed by atoms with van der Waals surface area (Å²) in [5.41, 5.74) is 3.82. The van der Waals surface area contributed by atoms with Crippen LogP contribution in [-0.2, 0) is 6.54 Å². The van der Waals surface area contributed by atoms with Crippen LogP contribution >= 0.6 is 0 Å². The first kappa shape index (κ1) is 19.2. The highest BCUT2D eigenvalue weighted by Crippen LogP contribution is 2.40. The van der Waals surface area contributed by atoms with Crippen LogP contribution in [0.2, 0.25) is 0 Å². The van der Waals surface area contributed by atoms with Gasteiger partial charge in [-0.15, -0.1) is 0 Å². The lowest BCUT2D eigenvalue weighted by Gasteiger charge is -2.47. The Balaban J connectivity index is 1.26. The molecule has 7 heteroatoms. The van der Waals surface area contributed by atoms with E-state index < -0.39 is 0 Å². The monoisotopic (exact) mass is 403 g/mol. The fourth-order valence-electron chi connectivity index (χ4n) is 5.04. The van der Waals surface area contributed by atoms with Gasteiger partial charge in [-0.25, -0.2) is 9.97 Å². The highest BCUT2D eigenvalue weighted by molar-refractivity contribution is 5.39. The van der Waals surface area contributed by atoms with Gasteiger partial charge in [-0.2, -0.15) is 15.0 Å². The third-order valence-electron chi connectivity index (χ3n) is 6.65. The minimum Gasteiger partial charge on any atom is -0.341 e. The van der Waals surface area contributed by atoms with Crippen molar-refractivity contribution in [1.82, 2.24) is 29.9 Å². The van der Waals surface area contributed by atoms with E-state index in [9.17, 15) is 0 Å². The average Bonchev–Trinajstić information content (AvgIpc) is 3.30. The molecule has 5 rings (SSSR count). The molecule has 0 radical (unpaired) electrons. The number of para-hydroxylation sites is 1. The Labute approximate surface area is 177 Å². The van der Waals surface area contributed by atoms with Crippen molar-refractivity contribution in [2.45, 2.75) is 39.2 Å². The van der Waals surface area contributed by atoms with E-state index in [1.54, 1.807) is 17.2 Å². The van der Waals surface area contributed by atoms with Gasteiger partial charge in [0, 0.05) is 38.1 Å². The van der Waals surface area contributed by atoms with Gasteiger partial charge >= 0.3 is 0 Å². The van der Waals surface area contributed by atoms with E-state index in [1.807, 2.05) is 19.2 Å². The molecule has 0 unspecified atom stereocenters. The smallest absolute Gasteiger partial charge is 0.225 e. The van der Waals surface area contributed by atoms with Crippen molar-refractivity contribution in [1.29, 1.82) is 0 Å². The lowest BCUT2D eigenvalue weighted by atomic mass is 9.72. The first-order valence-corrected chi connectivity index (χ1v) is 10.9. The van der Waals surface area contributed by atoms with E-state index in [1.165, 1.54) is 31.2 Å². The van der Waals surface area contributed by atoms with Gasteiger partial charge < -0.3 is 4.90 Å². The highest BCUT2D eigenvalue weighted by Gasteiger charge is 2.38. The van der Waals surface area contributed by atoms with E-state index in [-0.39, 0.29) is 0 Å². The number of piperidine rings is 2. The molecule has 2 fully saturated rings. The van der Waals surface area contributed by atoms with Crippen LogP contribution in [0.4, 0.5) is 5.95 Å². The van der Waals surface area contributed by atoms with Crippen LogP contribution < -0.4 is 4.90 Å². The Bertz CT molecular complexity index is 977. The molecule has 156 valence electrons. The van der Waals surface area contributed by atoms with Crippen LogP contribution in [0, 0.1) is 12.3 Å². The molecule has 2 saturated heterocycles. The Hall–Kier alpha value is -2.80. The third-order valence-corrected chi connectivity index (χ3v) is 6.65. The van der Waals surface area contributed by atoms with Gasteiger partial charge in [0.1, 0.15) is 0 Å². The predicted molar refractivity (Wildman–Crippen MR) is 117 cm³/mol. The molecular formula is C23H29N7. The number of anilines is 1. The Morgan fingerprint density at radius 2 is 1.73 bits per heavy atom. The molecule has 0 amide bonds. The van der Waals surface area contributed by atoms with Crippen molar-refractivity contribution in [3.63, 3.8) is 0 Å². The summed E-state index contributed by atoms with van der Waals surface area (Å²) in [6.45, 7) is 7.40. The zero-order valence-electron chi connectivity index (χ0n) is 17.6. The van der Waals surface area contributed by atoms with Crippen LogP contribution in [-0.4, -0.2) is 56.0 Å². The van der Waals surface area contributed by atoms with Crippen molar-refractivity contribution in [3.8, 4) is 5.69 Å². The molecule has 3 aromatic rings. The second kappa shape index (κ2) is 8.14. The summed E-state index contributed by atoms with van der Waals surface area (Å²) in [6.07, 6.45) is 10.4. The lowest BCUT2D eigenvalue weighted by molar-refractivity contribution is 0.0603. The summed E-state index contributed by atoms with van der Waals surface area (Å²) in [4.78, 5) is 15.8. The molecule has 1 aromatic carbocycles. The maximum atomic E-state index is 4.63. The fraction of sp³-hybridized carbons (Fsp3) is 0.478. The van der Waals surface area contributed by atoms with Gasteiger partial charge in [0.15, 0.2) is 0 Å². The van der Waals surface area contributed by atoms with Crippen molar-refractivity contribution in [2.24, 2.45) is 5.41 Å². The second-order valence-electron chi connectivity index (χ2n) is 8.75. The van der Waals surface area contributed by atoms with Gasteiger partial charge in [0.25, 0.3) is 0 Å². The van der Waals surface area contributed by atoms with Gasteiger partial charge in [0.05, 0.1) is 18.1 Å². The average molecular weight is 404 g/mol. The fourth-order valence-corrected chi connectivity index (χ4v) is 5.04. The predicted octanol–water partition coefficient (Wildman–Crippen LogP) is 3.25.